The van der Waals surface area contributed by atoms with E-state index in [1.54, 1.807) is 11.3 Å². The van der Waals surface area contributed by atoms with Gasteiger partial charge in [-0.05, 0) is 35.1 Å². The molecule has 0 radical (unpaired) electrons. The minimum atomic E-state index is 0.00899. The van der Waals surface area contributed by atoms with E-state index in [-0.39, 0.29) is 5.92 Å². The van der Waals surface area contributed by atoms with Crippen molar-refractivity contribution in [1.82, 2.24) is 9.80 Å². The number of nitrogens with zero attached hydrogens (tertiary/aromatic N) is 3. The highest BCUT2D eigenvalue weighted by atomic mass is 79.9. The van der Waals surface area contributed by atoms with Crippen LogP contribution in [0.25, 0.3) is 0 Å². The largest absolute Gasteiger partial charge is 0.304 e. The Morgan fingerprint density at radius 3 is 2.65 bits per heavy atom. The summed E-state index contributed by atoms with van der Waals surface area (Å²) in [5.41, 5.74) is 0. The van der Waals surface area contributed by atoms with Crippen LogP contribution >= 0.6 is 27.3 Å². The summed E-state index contributed by atoms with van der Waals surface area (Å²) in [6.07, 6.45) is 0. The summed E-state index contributed by atoms with van der Waals surface area (Å²) in [5.74, 6) is 0.00899. The van der Waals surface area contributed by atoms with Crippen LogP contribution in [0.1, 0.15) is 10.8 Å². The van der Waals surface area contributed by atoms with Crippen LogP contribution in [0.5, 0.6) is 0 Å². The molecule has 1 unspecified atom stereocenters. The predicted octanol–water partition coefficient (Wildman–Crippen LogP) is 2.37. The summed E-state index contributed by atoms with van der Waals surface area (Å²) >= 11 is 5.12. The van der Waals surface area contributed by atoms with Crippen LogP contribution in [-0.2, 0) is 0 Å². The van der Waals surface area contributed by atoms with E-state index in [4.69, 9.17) is 0 Å². The van der Waals surface area contributed by atoms with Crippen LogP contribution in [0.3, 0.4) is 0 Å². The third kappa shape index (κ3) is 3.52. The van der Waals surface area contributed by atoms with Crippen LogP contribution in [0.15, 0.2) is 15.9 Å². The Bertz CT molecular complexity index is 404. The molecule has 3 nitrogen and oxygen atoms in total. The second-order valence-corrected chi connectivity index (χ2v) is 6.92. The highest BCUT2D eigenvalue weighted by molar-refractivity contribution is 9.11. The molecule has 0 bridgehead atoms. The molecular weight excluding hydrogens is 298 g/mol. The average Bonchev–Trinajstić information content (AvgIpc) is 2.75. The van der Waals surface area contributed by atoms with Crippen LogP contribution in [0, 0.1) is 11.3 Å². The Kier molecular flexibility index (Phi) is 4.57. The van der Waals surface area contributed by atoms with E-state index in [9.17, 15) is 5.26 Å². The number of hydrogen-bond donors (Lipinski definition) is 0. The van der Waals surface area contributed by atoms with E-state index < -0.39 is 0 Å². The topological polar surface area (TPSA) is 30.3 Å². The van der Waals surface area contributed by atoms with Crippen LogP contribution in [-0.4, -0.2) is 49.6 Å². The zero-order valence-electron chi connectivity index (χ0n) is 9.90. The van der Waals surface area contributed by atoms with Crippen molar-refractivity contribution in [1.29, 1.82) is 5.26 Å². The number of hydrogen-bond acceptors (Lipinski definition) is 4. The number of piperazine rings is 1. The van der Waals surface area contributed by atoms with Gasteiger partial charge < -0.3 is 4.90 Å². The molecule has 1 aliphatic rings. The highest BCUT2D eigenvalue weighted by Gasteiger charge is 2.20. The Hall–Kier alpha value is -0.410. The lowest BCUT2D eigenvalue weighted by Gasteiger charge is -2.33. The minimum Gasteiger partial charge on any atom is -0.304 e. The smallest absolute Gasteiger partial charge is 0.0932 e. The molecule has 0 saturated carbocycles. The van der Waals surface area contributed by atoms with Crippen molar-refractivity contribution in [2.75, 3.05) is 39.8 Å². The second kappa shape index (κ2) is 5.96. The Morgan fingerprint density at radius 1 is 1.41 bits per heavy atom. The van der Waals surface area contributed by atoms with Gasteiger partial charge in [-0.3, -0.25) is 4.90 Å². The Balaban J connectivity index is 1.94. The van der Waals surface area contributed by atoms with Gasteiger partial charge in [-0.25, -0.2) is 0 Å². The lowest BCUT2D eigenvalue weighted by molar-refractivity contribution is 0.152. The van der Waals surface area contributed by atoms with Crippen molar-refractivity contribution in [3.8, 4) is 6.07 Å². The normalized spacial score (nSPS) is 20.1. The van der Waals surface area contributed by atoms with Crippen molar-refractivity contribution in [2.45, 2.75) is 5.92 Å². The standard InChI is InChI=1S/C12H16BrN3S/c1-15-4-6-16(7-5-15)9-10(8-14)11-2-3-12(13)17-11/h2-3,10H,4-7,9H2,1H3. The monoisotopic (exact) mass is 313 g/mol. The molecule has 1 aromatic rings. The van der Waals surface area contributed by atoms with Crippen LogP contribution in [0.4, 0.5) is 0 Å². The van der Waals surface area contributed by atoms with E-state index in [1.165, 1.54) is 4.88 Å². The van der Waals surface area contributed by atoms with Crippen molar-refractivity contribution in [3.63, 3.8) is 0 Å². The van der Waals surface area contributed by atoms with E-state index in [1.807, 2.05) is 6.07 Å². The maximum absolute atomic E-state index is 9.28. The number of nitriles is 1. The Labute approximate surface area is 115 Å². The van der Waals surface area contributed by atoms with Crippen molar-refractivity contribution in [3.05, 3.63) is 20.8 Å². The molecule has 5 heteroatoms. The van der Waals surface area contributed by atoms with Gasteiger partial charge in [-0.15, -0.1) is 11.3 Å². The minimum absolute atomic E-state index is 0.00899. The molecule has 17 heavy (non-hydrogen) atoms. The molecule has 1 atom stereocenters. The SMILES string of the molecule is CN1CCN(CC(C#N)c2ccc(Br)s2)CC1. The first-order valence-electron chi connectivity index (χ1n) is 5.75. The number of thiophene rings is 1. The van der Waals surface area contributed by atoms with Gasteiger partial charge in [0.1, 0.15) is 0 Å². The lowest BCUT2D eigenvalue weighted by atomic mass is 10.1. The van der Waals surface area contributed by atoms with Gasteiger partial charge >= 0.3 is 0 Å². The first kappa shape index (κ1) is 13.0. The van der Waals surface area contributed by atoms with Gasteiger partial charge in [0.25, 0.3) is 0 Å². The lowest BCUT2D eigenvalue weighted by Crippen LogP contribution is -2.45. The zero-order chi connectivity index (χ0) is 12.3. The fourth-order valence-electron chi connectivity index (χ4n) is 2.00. The number of rotatable bonds is 3. The zero-order valence-corrected chi connectivity index (χ0v) is 12.3. The molecule has 0 aromatic carbocycles. The molecule has 2 rings (SSSR count). The van der Waals surface area contributed by atoms with E-state index in [2.05, 4.69) is 44.9 Å². The summed E-state index contributed by atoms with van der Waals surface area (Å²) in [4.78, 5) is 5.89. The molecule has 0 amide bonds. The van der Waals surface area contributed by atoms with E-state index in [0.29, 0.717) is 0 Å². The quantitative estimate of drug-likeness (QED) is 0.858. The van der Waals surface area contributed by atoms with Gasteiger partial charge in [-0.2, -0.15) is 5.26 Å². The number of halogens is 1. The van der Waals surface area contributed by atoms with Gasteiger partial charge in [-0.1, -0.05) is 0 Å². The molecule has 0 N–H and O–H groups in total. The third-order valence-electron chi connectivity index (χ3n) is 3.13. The molecule has 1 saturated heterocycles. The van der Waals surface area contributed by atoms with Crippen LogP contribution < -0.4 is 0 Å². The third-order valence-corrected chi connectivity index (χ3v) is 4.87. The molecule has 0 spiro atoms. The molecule has 1 aromatic heterocycles. The fourth-order valence-corrected chi connectivity index (χ4v) is 3.46. The van der Waals surface area contributed by atoms with E-state index >= 15 is 0 Å². The van der Waals surface area contributed by atoms with Crippen molar-refractivity contribution < 1.29 is 0 Å². The average molecular weight is 314 g/mol. The summed E-state index contributed by atoms with van der Waals surface area (Å²) in [6, 6.07) is 6.50. The predicted molar refractivity (Wildman–Crippen MR) is 74.3 cm³/mol. The summed E-state index contributed by atoms with van der Waals surface area (Å²) in [5, 5.41) is 9.28. The second-order valence-electron chi connectivity index (χ2n) is 4.43. The van der Waals surface area contributed by atoms with Gasteiger partial charge in [0.05, 0.1) is 15.8 Å². The van der Waals surface area contributed by atoms with E-state index in [0.717, 1.165) is 36.5 Å². The van der Waals surface area contributed by atoms with Gasteiger partial charge in [0.15, 0.2) is 0 Å². The molecular formula is C12H16BrN3S. The maximum Gasteiger partial charge on any atom is 0.0932 e. The Morgan fingerprint density at radius 2 is 2.12 bits per heavy atom. The molecule has 0 aliphatic carbocycles. The summed E-state index contributed by atoms with van der Waals surface area (Å²) in [7, 11) is 2.15. The molecule has 2 heterocycles. The summed E-state index contributed by atoms with van der Waals surface area (Å²) < 4.78 is 1.10. The number of likely N-dealkylation sites (N-methyl/N-ethyl adjacent to an activating group) is 1. The molecule has 1 aliphatic heterocycles. The van der Waals surface area contributed by atoms with Crippen molar-refractivity contribution >= 4 is 27.3 Å². The molecule has 1 fully saturated rings. The molecule has 92 valence electrons. The fraction of sp³-hybridized carbons (Fsp3) is 0.583. The summed E-state index contributed by atoms with van der Waals surface area (Å²) in [6.45, 7) is 5.21. The highest BCUT2D eigenvalue weighted by Crippen LogP contribution is 2.29. The van der Waals surface area contributed by atoms with Gasteiger partial charge in [0.2, 0.25) is 0 Å². The van der Waals surface area contributed by atoms with Crippen LogP contribution in [0.2, 0.25) is 0 Å². The maximum atomic E-state index is 9.28. The van der Waals surface area contributed by atoms with Gasteiger partial charge in [0, 0.05) is 37.6 Å². The first-order chi connectivity index (χ1) is 8.19. The first-order valence-corrected chi connectivity index (χ1v) is 7.35. The van der Waals surface area contributed by atoms with Crippen molar-refractivity contribution in [2.24, 2.45) is 0 Å².